The van der Waals surface area contributed by atoms with E-state index in [4.69, 9.17) is 0 Å². The number of anilines is 1. The van der Waals surface area contributed by atoms with Crippen LogP contribution in [0.5, 0.6) is 0 Å². The lowest BCUT2D eigenvalue weighted by Gasteiger charge is -2.17. The van der Waals surface area contributed by atoms with Gasteiger partial charge in [0.1, 0.15) is 5.82 Å². The monoisotopic (exact) mass is 193 g/mol. The van der Waals surface area contributed by atoms with Gasteiger partial charge in [-0.3, -0.25) is 4.98 Å². The second kappa shape index (κ2) is 3.92. The van der Waals surface area contributed by atoms with Crippen LogP contribution in [0.25, 0.3) is 0 Å². The Morgan fingerprint density at radius 3 is 3.00 bits per heavy atom. The molecule has 4 nitrogen and oxygen atoms in total. The molecule has 1 aromatic heterocycles. The maximum Gasteiger partial charge on any atom is 0.147 e. The third kappa shape index (κ3) is 1.85. The zero-order chi connectivity index (χ0) is 9.97. The summed E-state index contributed by atoms with van der Waals surface area (Å²) in [7, 11) is 0. The summed E-state index contributed by atoms with van der Waals surface area (Å²) >= 11 is 0. The SMILES string of the molecule is CC(O)C1CCN(c2cnccn2)C1. The highest BCUT2D eigenvalue weighted by Gasteiger charge is 2.26. The minimum absolute atomic E-state index is 0.225. The Morgan fingerprint density at radius 1 is 1.57 bits per heavy atom. The van der Waals surface area contributed by atoms with E-state index in [-0.39, 0.29) is 6.10 Å². The van der Waals surface area contributed by atoms with E-state index in [1.165, 1.54) is 0 Å². The molecule has 2 unspecified atom stereocenters. The van der Waals surface area contributed by atoms with Crippen LogP contribution in [0.2, 0.25) is 0 Å². The normalized spacial score (nSPS) is 23.9. The van der Waals surface area contributed by atoms with Crippen LogP contribution in [0.4, 0.5) is 5.82 Å². The first-order valence-corrected chi connectivity index (χ1v) is 4.96. The molecule has 4 heteroatoms. The Balaban J connectivity index is 2.03. The third-order valence-corrected chi connectivity index (χ3v) is 2.78. The lowest BCUT2D eigenvalue weighted by molar-refractivity contribution is 0.136. The van der Waals surface area contributed by atoms with Crippen molar-refractivity contribution in [2.24, 2.45) is 5.92 Å². The van der Waals surface area contributed by atoms with Gasteiger partial charge in [-0.05, 0) is 13.3 Å². The number of rotatable bonds is 2. The van der Waals surface area contributed by atoms with E-state index in [1.54, 1.807) is 18.6 Å². The average Bonchev–Trinajstić information content (AvgIpc) is 2.68. The number of hydrogen-bond acceptors (Lipinski definition) is 4. The summed E-state index contributed by atoms with van der Waals surface area (Å²) in [6.07, 6.45) is 5.95. The quantitative estimate of drug-likeness (QED) is 0.750. The van der Waals surface area contributed by atoms with Crippen LogP contribution in [0, 0.1) is 5.92 Å². The van der Waals surface area contributed by atoms with Crippen molar-refractivity contribution in [2.45, 2.75) is 19.4 Å². The first-order chi connectivity index (χ1) is 6.77. The van der Waals surface area contributed by atoms with E-state index in [1.807, 2.05) is 6.92 Å². The second-order valence-electron chi connectivity index (χ2n) is 3.80. The molecular formula is C10H15N3O. The van der Waals surface area contributed by atoms with Gasteiger partial charge < -0.3 is 10.0 Å². The van der Waals surface area contributed by atoms with Crippen LogP contribution in [-0.2, 0) is 0 Å². The van der Waals surface area contributed by atoms with Crippen molar-refractivity contribution < 1.29 is 5.11 Å². The Bertz CT molecular complexity index is 289. The van der Waals surface area contributed by atoms with Gasteiger partial charge in [0.25, 0.3) is 0 Å². The smallest absolute Gasteiger partial charge is 0.147 e. The molecule has 2 heterocycles. The van der Waals surface area contributed by atoms with Crippen molar-refractivity contribution in [3.63, 3.8) is 0 Å². The van der Waals surface area contributed by atoms with Crippen molar-refractivity contribution >= 4 is 5.82 Å². The van der Waals surface area contributed by atoms with Gasteiger partial charge in [0.2, 0.25) is 0 Å². The predicted octanol–water partition coefficient (Wildman–Crippen LogP) is 0.684. The standard InChI is InChI=1S/C10H15N3O/c1-8(14)9-2-5-13(7-9)10-6-11-3-4-12-10/h3-4,6,8-9,14H,2,5,7H2,1H3. The van der Waals surface area contributed by atoms with Crippen LogP contribution in [0.3, 0.4) is 0 Å². The summed E-state index contributed by atoms with van der Waals surface area (Å²) in [6.45, 7) is 3.70. The van der Waals surface area contributed by atoms with Crippen LogP contribution in [0.1, 0.15) is 13.3 Å². The number of hydrogen-bond donors (Lipinski definition) is 1. The Labute approximate surface area is 83.6 Å². The third-order valence-electron chi connectivity index (χ3n) is 2.78. The summed E-state index contributed by atoms with van der Waals surface area (Å²) in [5.74, 6) is 1.28. The summed E-state index contributed by atoms with van der Waals surface area (Å²) < 4.78 is 0. The largest absolute Gasteiger partial charge is 0.393 e. The van der Waals surface area contributed by atoms with Crippen molar-refractivity contribution in [1.29, 1.82) is 0 Å². The zero-order valence-corrected chi connectivity index (χ0v) is 8.30. The van der Waals surface area contributed by atoms with E-state index in [0.29, 0.717) is 5.92 Å². The van der Waals surface area contributed by atoms with Crippen LogP contribution in [0.15, 0.2) is 18.6 Å². The van der Waals surface area contributed by atoms with Crippen molar-refractivity contribution in [1.82, 2.24) is 9.97 Å². The molecule has 2 atom stereocenters. The zero-order valence-electron chi connectivity index (χ0n) is 8.30. The van der Waals surface area contributed by atoms with E-state index in [2.05, 4.69) is 14.9 Å². The Morgan fingerprint density at radius 2 is 2.43 bits per heavy atom. The molecule has 0 amide bonds. The molecule has 0 aliphatic carbocycles. The molecule has 1 saturated heterocycles. The lowest BCUT2D eigenvalue weighted by Crippen LogP contribution is -2.24. The van der Waals surface area contributed by atoms with Gasteiger partial charge in [0.05, 0.1) is 12.3 Å². The molecule has 0 aromatic carbocycles. The summed E-state index contributed by atoms with van der Waals surface area (Å²) in [6, 6.07) is 0. The van der Waals surface area contributed by atoms with E-state index >= 15 is 0 Å². The summed E-state index contributed by atoms with van der Waals surface area (Å²) in [5, 5.41) is 9.45. The average molecular weight is 193 g/mol. The van der Waals surface area contributed by atoms with Crippen LogP contribution >= 0.6 is 0 Å². The van der Waals surface area contributed by atoms with E-state index < -0.39 is 0 Å². The summed E-state index contributed by atoms with van der Waals surface area (Å²) in [5.41, 5.74) is 0. The maximum atomic E-state index is 9.45. The second-order valence-corrected chi connectivity index (χ2v) is 3.80. The number of aliphatic hydroxyl groups is 1. The van der Waals surface area contributed by atoms with Gasteiger partial charge in [-0.2, -0.15) is 0 Å². The number of nitrogens with zero attached hydrogens (tertiary/aromatic N) is 3. The molecule has 1 fully saturated rings. The van der Waals surface area contributed by atoms with Gasteiger partial charge in [-0.1, -0.05) is 0 Å². The first kappa shape index (κ1) is 9.40. The lowest BCUT2D eigenvalue weighted by atomic mass is 10.0. The van der Waals surface area contributed by atoms with Gasteiger partial charge in [-0.25, -0.2) is 4.98 Å². The fraction of sp³-hybridized carbons (Fsp3) is 0.600. The Kier molecular flexibility index (Phi) is 2.63. The minimum atomic E-state index is -0.225. The van der Waals surface area contributed by atoms with Gasteiger partial charge >= 0.3 is 0 Å². The van der Waals surface area contributed by atoms with Crippen LogP contribution < -0.4 is 4.90 Å². The number of aliphatic hydroxyl groups excluding tert-OH is 1. The Hall–Kier alpha value is -1.16. The highest BCUT2D eigenvalue weighted by Crippen LogP contribution is 2.23. The number of aromatic nitrogens is 2. The molecule has 0 bridgehead atoms. The van der Waals surface area contributed by atoms with E-state index in [9.17, 15) is 5.11 Å². The van der Waals surface area contributed by atoms with Crippen LogP contribution in [-0.4, -0.2) is 34.3 Å². The molecule has 1 aliphatic rings. The van der Waals surface area contributed by atoms with Crippen molar-refractivity contribution in [3.05, 3.63) is 18.6 Å². The highest BCUT2D eigenvalue weighted by atomic mass is 16.3. The molecule has 0 saturated carbocycles. The molecular weight excluding hydrogens is 178 g/mol. The molecule has 1 aromatic rings. The van der Waals surface area contributed by atoms with E-state index in [0.717, 1.165) is 25.3 Å². The van der Waals surface area contributed by atoms with Crippen molar-refractivity contribution in [3.8, 4) is 0 Å². The highest BCUT2D eigenvalue weighted by molar-refractivity contribution is 5.36. The molecule has 76 valence electrons. The van der Waals surface area contributed by atoms with Gasteiger partial charge in [-0.15, -0.1) is 0 Å². The fourth-order valence-electron chi connectivity index (χ4n) is 1.84. The molecule has 0 radical (unpaired) electrons. The fourth-order valence-corrected chi connectivity index (χ4v) is 1.84. The topological polar surface area (TPSA) is 49.2 Å². The minimum Gasteiger partial charge on any atom is -0.393 e. The van der Waals surface area contributed by atoms with Gasteiger partial charge in [0.15, 0.2) is 0 Å². The molecule has 1 N–H and O–H groups in total. The summed E-state index contributed by atoms with van der Waals surface area (Å²) in [4.78, 5) is 10.4. The molecule has 14 heavy (non-hydrogen) atoms. The first-order valence-electron chi connectivity index (χ1n) is 4.96. The molecule has 0 spiro atoms. The van der Waals surface area contributed by atoms with Crippen molar-refractivity contribution in [2.75, 3.05) is 18.0 Å². The molecule has 2 rings (SSSR count). The predicted molar refractivity (Wildman–Crippen MR) is 54.0 cm³/mol. The molecule has 1 aliphatic heterocycles. The van der Waals surface area contributed by atoms with Gasteiger partial charge in [0, 0.05) is 31.4 Å². The maximum absolute atomic E-state index is 9.45.